The summed E-state index contributed by atoms with van der Waals surface area (Å²) in [6, 6.07) is 8.98. The van der Waals surface area contributed by atoms with Gasteiger partial charge in [0, 0.05) is 18.7 Å². The molecule has 19 heavy (non-hydrogen) atoms. The van der Waals surface area contributed by atoms with Crippen molar-refractivity contribution >= 4 is 0 Å². The van der Waals surface area contributed by atoms with Crippen LogP contribution in [-0.2, 0) is 13.1 Å². The van der Waals surface area contributed by atoms with Crippen LogP contribution in [0.3, 0.4) is 0 Å². The van der Waals surface area contributed by atoms with E-state index in [4.69, 9.17) is 10.5 Å². The zero-order valence-electron chi connectivity index (χ0n) is 11.1. The van der Waals surface area contributed by atoms with Gasteiger partial charge in [-0.25, -0.2) is 4.68 Å². The normalized spacial score (nSPS) is 10.5. The van der Waals surface area contributed by atoms with Gasteiger partial charge in [0.25, 0.3) is 5.56 Å². The van der Waals surface area contributed by atoms with Crippen LogP contribution < -0.4 is 16.0 Å². The maximum atomic E-state index is 11.8. The van der Waals surface area contributed by atoms with Crippen LogP contribution in [0.25, 0.3) is 0 Å². The highest BCUT2D eigenvalue weighted by Crippen LogP contribution is 2.12. The summed E-state index contributed by atoms with van der Waals surface area (Å²) in [5.41, 5.74) is 8.66. The highest BCUT2D eigenvalue weighted by Gasteiger charge is 2.05. The molecule has 1 aromatic heterocycles. The lowest BCUT2D eigenvalue weighted by molar-refractivity contribution is 0.379. The Morgan fingerprint density at radius 1 is 1.32 bits per heavy atom. The highest BCUT2D eigenvalue weighted by atomic mass is 16.5. The van der Waals surface area contributed by atoms with E-state index in [0.29, 0.717) is 19.0 Å². The molecule has 0 fully saturated rings. The molecule has 2 aromatic rings. The van der Waals surface area contributed by atoms with E-state index in [9.17, 15) is 4.79 Å². The van der Waals surface area contributed by atoms with E-state index in [2.05, 4.69) is 5.10 Å². The van der Waals surface area contributed by atoms with Gasteiger partial charge in [0.1, 0.15) is 0 Å². The SMILES string of the molecule is COc1ccc(=O)n(Cc2ccc(CN)cc2C)n1. The number of rotatable bonds is 4. The van der Waals surface area contributed by atoms with Crippen LogP contribution in [0.5, 0.6) is 5.88 Å². The van der Waals surface area contributed by atoms with Crippen molar-refractivity contribution in [2.45, 2.75) is 20.0 Å². The predicted octanol–water partition coefficient (Wildman–Crippen LogP) is 1.07. The summed E-state index contributed by atoms with van der Waals surface area (Å²) >= 11 is 0. The topological polar surface area (TPSA) is 70.1 Å². The summed E-state index contributed by atoms with van der Waals surface area (Å²) in [6.45, 7) is 2.94. The molecule has 2 N–H and O–H groups in total. The number of hydrogen-bond donors (Lipinski definition) is 1. The first-order valence-electron chi connectivity index (χ1n) is 6.04. The van der Waals surface area contributed by atoms with Crippen LogP contribution in [-0.4, -0.2) is 16.9 Å². The largest absolute Gasteiger partial charge is 0.480 e. The van der Waals surface area contributed by atoms with Crippen molar-refractivity contribution < 1.29 is 4.74 Å². The van der Waals surface area contributed by atoms with Gasteiger partial charge < -0.3 is 10.5 Å². The monoisotopic (exact) mass is 259 g/mol. The van der Waals surface area contributed by atoms with Crippen LogP contribution in [0.15, 0.2) is 35.1 Å². The Morgan fingerprint density at radius 2 is 2.11 bits per heavy atom. The van der Waals surface area contributed by atoms with E-state index in [1.165, 1.54) is 17.9 Å². The Balaban J connectivity index is 2.33. The number of methoxy groups -OCH3 is 1. The fourth-order valence-electron chi connectivity index (χ4n) is 1.88. The van der Waals surface area contributed by atoms with Crippen molar-refractivity contribution in [3.63, 3.8) is 0 Å². The minimum absolute atomic E-state index is 0.150. The number of aryl methyl sites for hydroxylation is 1. The van der Waals surface area contributed by atoms with Crippen molar-refractivity contribution in [1.29, 1.82) is 0 Å². The molecule has 0 radical (unpaired) electrons. The summed E-state index contributed by atoms with van der Waals surface area (Å²) in [6.07, 6.45) is 0. The minimum atomic E-state index is -0.150. The third-order valence-corrected chi connectivity index (χ3v) is 3.01. The molecule has 1 aromatic carbocycles. The maximum absolute atomic E-state index is 11.8. The Morgan fingerprint density at radius 3 is 2.74 bits per heavy atom. The van der Waals surface area contributed by atoms with E-state index in [0.717, 1.165) is 16.7 Å². The first kappa shape index (κ1) is 13.3. The van der Waals surface area contributed by atoms with Gasteiger partial charge >= 0.3 is 0 Å². The zero-order chi connectivity index (χ0) is 13.8. The average Bonchev–Trinajstić information content (AvgIpc) is 2.43. The van der Waals surface area contributed by atoms with Gasteiger partial charge in [0.2, 0.25) is 5.88 Å². The molecule has 0 aliphatic carbocycles. The quantitative estimate of drug-likeness (QED) is 0.891. The lowest BCUT2D eigenvalue weighted by Gasteiger charge is -2.10. The van der Waals surface area contributed by atoms with Gasteiger partial charge in [-0.3, -0.25) is 4.79 Å². The Hall–Kier alpha value is -2.14. The average molecular weight is 259 g/mol. The van der Waals surface area contributed by atoms with Crippen molar-refractivity contribution in [1.82, 2.24) is 9.78 Å². The smallest absolute Gasteiger partial charge is 0.267 e. The Kier molecular flexibility index (Phi) is 3.97. The predicted molar refractivity (Wildman–Crippen MR) is 73.2 cm³/mol. The first-order valence-corrected chi connectivity index (χ1v) is 6.04. The van der Waals surface area contributed by atoms with E-state index in [-0.39, 0.29) is 5.56 Å². The number of benzene rings is 1. The van der Waals surface area contributed by atoms with Crippen LogP contribution in [0.1, 0.15) is 16.7 Å². The summed E-state index contributed by atoms with van der Waals surface area (Å²) in [5.74, 6) is 0.427. The standard InChI is InChI=1S/C14H17N3O2/c1-10-7-11(8-15)3-4-12(10)9-17-14(18)6-5-13(16-17)19-2/h3-7H,8-9,15H2,1-2H3. The number of hydrogen-bond acceptors (Lipinski definition) is 4. The number of nitrogens with two attached hydrogens (primary N) is 1. The molecule has 0 saturated carbocycles. The molecule has 0 unspecified atom stereocenters. The molecule has 2 rings (SSSR count). The summed E-state index contributed by atoms with van der Waals surface area (Å²) in [4.78, 5) is 11.8. The zero-order valence-corrected chi connectivity index (χ0v) is 11.1. The molecule has 0 atom stereocenters. The molecule has 5 nitrogen and oxygen atoms in total. The summed E-state index contributed by atoms with van der Waals surface area (Å²) in [5, 5.41) is 4.13. The van der Waals surface area contributed by atoms with Crippen LogP contribution >= 0.6 is 0 Å². The molecule has 0 bridgehead atoms. The van der Waals surface area contributed by atoms with Gasteiger partial charge in [-0.2, -0.15) is 0 Å². The molecule has 0 amide bonds. The van der Waals surface area contributed by atoms with Gasteiger partial charge in [0.15, 0.2) is 0 Å². The molecule has 100 valence electrons. The third-order valence-electron chi connectivity index (χ3n) is 3.01. The van der Waals surface area contributed by atoms with Gasteiger partial charge in [-0.15, -0.1) is 5.10 Å². The minimum Gasteiger partial charge on any atom is -0.480 e. The first-order chi connectivity index (χ1) is 9.13. The van der Waals surface area contributed by atoms with Gasteiger partial charge in [-0.1, -0.05) is 18.2 Å². The molecular weight excluding hydrogens is 242 g/mol. The Bertz CT molecular complexity index is 635. The second kappa shape index (κ2) is 5.67. The van der Waals surface area contributed by atoms with Crippen LogP contribution in [0.4, 0.5) is 0 Å². The van der Waals surface area contributed by atoms with E-state index in [1.54, 1.807) is 6.07 Å². The van der Waals surface area contributed by atoms with Crippen LogP contribution in [0, 0.1) is 6.92 Å². The van der Waals surface area contributed by atoms with Crippen molar-refractivity contribution in [2.24, 2.45) is 5.73 Å². The van der Waals surface area contributed by atoms with Crippen molar-refractivity contribution in [3.8, 4) is 5.88 Å². The fraction of sp³-hybridized carbons (Fsp3) is 0.286. The lowest BCUT2D eigenvalue weighted by atomic mass is 10.1. The molecule has 1 heterocycles. The fourth-order valence-corrected chi connectivity index (χ4v) is 1.88. The van der Waals surface area contributed by atoms with Gasteiger partial charge in [-0.05, 0) is 23.6 Å². The highest BCUT2D eigenvalue weighted by molar-refractivity contribution is 5.31. The second-order valence-corrected chi connectivity index (χ2v) is 4.34. The molecule has 0 aliphatic rings. The number of ether oxygens (including phenoxy) is 1. The number of aromatic nitrogens is 2. The van der Waals surface area contributed by atoms with Crippen molar-refractivity contribution in [3.05, 3.63) is 57.4 Å². The van der Waals surface area contributed by atoms with Crippen LogP contribution in [0.2, 0.25) is 0 Å². The summed E-state index contributed by atoms with van der Waals surface area (Å²) < 4.78 is 6.42. The lowest BCUT2D eigenvalue weighted by Crippen LogP contribution is -2.23. The molecular formula is C14H17N3O2. The third kappa shape index (κ3) is 3.00. The Labute approximate surface area is 111 Å². The van der Waals surface area contributed by atoms with Crippen molar-refractivity contribution in [2.75, 3.05) is 7.11 Å². The molecule has 0 saturated heterocycles. The summed E-state index contributed by atoms with van der Waals surface area (Å²) in [7, 11) is 1.53. The number of nitrogens with zero attached hydrogens (tertiary/aromatic N) is 2. The molecule has 0 spiro atoms. The molecule has 0 aliphatic heterocycles. The molecule has 5 heteroatoms. The van der Waals surface area contributed by atoms with E-state index < -0.39 is 0 Å². The van der Waals surface area contributed by atoms with E-state index in [1.807, 2.05) is 25.1 Å². The van der Waals surface area contributed by atoms with E-state index >= 15 is 0 Å². The van der Waals surface area contributed by atoms with Gasteiger partial charge in [0.05, 0.1) is 13.7 Å². The second-order valence-electron chi connectivity index (χ2n) is 4.34. The maximum Gasteiger partial charge on any atom is 0.267 e.